The van der Waals surface area contributed by atoms with Crippen molar-refractivity contribution >= 4 is 40.4 Å². The van der Waals surface area contributed by atoms with Crippen molar-refractivity contribution in [1.82, 2.24) is 10.2 Å². The second-order valence-electron chi connectivity index (χ2n) is 9.37. The van der Waals surface area contributed by atoms with E-state index in [-0.39, 0.29) is 11.1 Å². The quantitative estimate of drug-likeness (QED) is 0.403. The predicted octanol–water partition coefficient (Wildman–Crippen LogP) is 5.78. The second-order valence-corrected chi connectivity index (χ2v) is 11.1. The Morgan fingerprint density at radius 2 is 1.80 bits per heavy atom. The molecular weight excluding hydrogens is 485 g/mol. The average molecular weight is 512 g/mol. The highest BCUT2D eigenvalue weighted by Crippen LogP contribution is 2.49. The number of rotatable bonds is 8. The molecule has 2 fully saturated rings. The number of amides is 2. The molecule has 0 radical (unpaired) electrons. The van der Waals surface area contributed by atoms with Crippen LogP contribution < -0.4 is 10.6 Å². The third-order valence-corrected chi connectivity index (χ3v) is 8.12. The molecule has 35 heavy (non-hydrogen) atoms. The summed E-state index contributed by atoms with van der Waals surface area (Å²) in [6, 6.07) is 16.3. The highest BCUT2D eigenvalue weighted by atomic mass is 35.5. The van der Waals surface area contributed by atoms with Gasteiger partial charge in [0.1, 0.15) is 11.9 Å². The molecule has 5 rings (SSSR count). The summed E-state index contributed by atoms with van der Waals surface area (Å²) in [5, 5.41) is 5.44. The van der Waals surface area contributed by atoms with Gasteiger partial charge in [-0.2, -0.15) is 0 Å². The van der Waals surface area contributed by atoms with Gasteiger partial charge in [0.2, 0.25) is 0 Å². The molecule has 1 aliphatic heterocycles. The zero-order valence-electron chi connectivity index (χ0n) is 19.2. The Labute approximate surface area is 213 Å². The molecule has 1 unspecified atom stereocenters. The summed E-state index contributed by atoms with van der Waals surface area (Å²) >= 11 is 7.09. The Morgan fingerprint density at radius 1 is 1.06 bits per heavy atom. The largest absolute Gasteiger partial charge is 0.336 e. The molecule has 5 nitrogen and oxygen atoms in total. The van der Waals surface area contributed by atoms with E-state index < -0.39 is 23.7 Å². The lowest BCUT2D eigenvalue weighted by atomic mass is 9.94. The van der Waals surface area contributed by atoms with Crippen molar-refractivity contribution in [1.29, 1.82) is 0 Å². The summed E-state index contributed by atoms with van der Waals surface area (Å²) in [5.41, 5.74) is 1.71. The third-order valence-electron chi connectivity index (χ3n) is 6.89. The molecule has 3 aromatic rings. The molecule has 2 aliphatic rings. The Balaban J connectivity index is 1.32. The molecule has 2 heterocycles. The molecule has 2 amide bonds. The van der Waals surface area contributed by atoms with Crippen LogP contribution in [-0.2, 0) is 10.2 Å². The van der Waals surface area contributed by atoms with Crippen LogP contribution in [0.25, 0.3) is 0 Å². The highest BCUT2D eigenvalue weighted by Gasteiger charge is 2.46. The maximum atomic E-state index is 15.1. The van der Waals surface area contributed by atoms with Gasteiger partial charge in [0, 0.05) is 12.0 Å². The number of hydrogen-bond acceptors (Lipinski definition) is 4. The Bertz CT molecular complexity index is 1220. The van der Waals surface area contributed by atoms with Gasteiger partial charge in [0.25, 0.3) is 11.8 Å². The Kier molecular flexibility index (Phi) is 6.91. The fraction of sp³-hybridized carbons (Fsp3) is 0.333. The number of thiophene rings is 1. The fourth-order valence-corrected chi connectivity index (χ4v) is 5.74. The number of carbonyl (C=O) groups excluding carboxylic acids is 2. The van der Waals surface area contributed by atoms with Crippen LogP contribution in [0.15, 0.2) is 60.7 Å². The number of carbonyl (C=O) groups is 2. The first-order valence-corrected chi connectivity index (χ1v) is 13.1. The van der Waals surface area contributed by atoms with Crippen LogP contribution >= 0.6 is 22.9 Å². The Hall–Kier alpha value is -2.74. The predicted molar refractivity (Wildman–Crippen MR) is 138 cm³/mol. The summed E-state index contributed by atoms with van der Waals surface area (Å²) in [4.78, 5) is 28.9. The molecular formula is C27H27ClFN3O2S. The van der Waals surface area contributed by atoms with Gasteiger partial charge in [0.05, 0.1) is 14.9 Å². The first-order chi connectivity index (χ1) is 16.9. The van der Waals surface area contributed by atoms with Crippen LogP contribution in [0.2, 0.25) is 4.34 Å². The lowest BCUT2D eigenvalue weighted by molar-refractivity contribution is -0.118. The molecule has 1 aliphatic carbocycles. The molecule has 182 valence electrons. The van der Waals surface area contributed by atoms with Gasteiger partial charge >= 0.3 is 0 Å². The number of benzene rings is 2. The van der Waals surface area contributed by atoms with Gasteiger partial charge in [0.15, 0.2) is 0 Å². The summed E-state index contributed by atoms with van der Waals surface area (Å²) in [7, 11) is 0. The van der Waals surface area contributed by atoms with Gasteiger partial charge in [-0.05, 0) is 74.2 Å². The fourth-order valence-electron chi connectivity index (χ4n) is 4.79. The number of anilines is 1. The average Bonchev–Trinajstić information content (AvgIpc) is 3.22. The maximum Gasteiger partial charge on any atom is 0.262 e. The number of likely N-dealkylation sites (tertiary alicyclic amines) is 1. The molecule has 1 aromatic heterocycles. The highest BCUT2D eigenvalue weighted by molar-refractivity contribution is 7.18. The van der Waals surface area contributed by atoms with Gasteiger partial charge in [-0.15, -0.1) is 11.3 Å². The number of nitrogens with zero attached hydrogens (tertiary/aromatic N) is 1. The van der Waals surface area contributed by atoms with E-state index in [0.29, 0.717) is 14.8 Å². The summed E-state index contributed by atoms with van der Waals surface area (Å²) in [6.07, 6.45) is 4.58. The molecule has 1 saturated carbocycles. The van der Waals surface area contributed by atoms with Crippen LogP contribution in [0.3, 0.4) is 0 Å². The maximum absolute atomic E-state index is 15.1. The zero-order valence-corrected chi connectivity index (χ0v) is 20.8. The number of halogens is 2. The lowest BCUT2D eigenvalue weighted by Gasteiger charge is -2.24. The van der Waals surface area contributed by atoms with Crippen molar-refractivity contribution in [2.75, 3.05) is 25.0 Å². The van der Waals surface area contributed by atoms with Crippen LogP contribution in [0.4, 0.5) is 10.1 Å². The van der Waals surface area contributed by atoms with E-state index in [1.165, 1.54) is 12.8 Å². The molecule has 1 saturated heterocycles. The molecule has 0 bridgehead atoms. The van der Waals surface area contributed by atoms with E-state index in [4.69, 9.17) is 11.6 Å². The molecule has 0 spiro atoms. The normalized spacial score (nSPS) is 17.7. The van der Waals surface area contributed by atoms with Crippen molar-refractivity contribution in [3.05, 3.63) is 86.8 Å². The standard InChI is InChI=1S/C27H27ClFN3O2S/c28-23-11-10-22(35-23)25(33)31-24(18-6-2-1-3-7-18)26(34)30-21-9-8-19(16-20(21)29)27(12-13-27)17-32-14-4-5-15-32/h1-3,6-11,16,24H,4-5,12-15,17H2,(H,30,34)(H,31,33). The van der Waals surface area contributed by atoms with E-state index in [1.54, 1.807) is 48.5 Å². The SMILES string of the molecule is O=C(NC(C(=O)Nc1ccc(C2(CN3CCCC3)CC2)cc1F)c1ccccc1)c1ccc(Cl)s1. The minimum atomic E-state index is -0.992. The van der Waals surface area contributed by atoms with Crippen LogP contribution in [-0.4, -0.2) is 36.3 Å². The topological polar surface area (TPSA) is 61.4 Å². The molecule has 8 heteroatoms. The first-order valence-electron chi connectivity index (χ1n) is 11.9. The van der Waals surface area contributed by atoms with E-state index in [9.17, 15) is 9.59 Å². The molecule has 1 atom stereocenters. The van der Waals surface area contributed by atoms with Crippen molar-refractivity contribution in [2.24, 2.45) is 0 Å². The number of hydrogen-bond donors (Lipinski definition) is 2. The van der Waals surface area contributed by atoms with E-state index >= 15 is 4.39 Å². The van der Waals surface area contributed by atoms with Crippen molar-refractivity contribution < 1.29 is 14.0 Å². The smallest absolute Gasteiger partial charge is 0.262 e. The van der Waals surface area contributed by atoms with E-state index in [0.717, 1.165) is 49.4 Å². The van der Waals surface area contributed by atoms with E-state index in [1.807, 2.05) is 12.1 Å². The molecule has 2 aromatic carbocycles. The van der Waals surface area contributed by atoms with Crippen LogP contribution in [0, 0.1) is 5.82 Å². The molecule has 2 N–H and O–H groups in total. The second kappa shape index (κ2) is 10.1. The van der Waals surface area contributed by atoms with Crippen molar-refractivity contribution in [3.63, 3.8) is 0 Å². The Morgan fingerprint density at radius 3 is 2.43 bits per heavy atom. The number of nitrogens with one attached hydrogen (secondary N) is 2. The lowest BCUT2D eigenvalue weighted by Crippen LogP contribution is -2.37. The third kappa shape index (κ3) is 5.42. The summed E-state index contributed by atoms with van der Waals surface area (Å²) in [6.45, 7) is 3.19. The zero-order chi connectivity index (χ0) is 24.4. The first kappa shape index (κ1) is 24.0. The summed E-state index contributed by atoms with van der Waals surface area (Å²) in [5.74, 6) is -1.40. The minimum Gasteiger partial charge on any atom is -0.336 e. The summed E-state index contributed by atoms with van der Waals surface area (Å²) < 4.78 is 15.6. The van der Waals surface area contributed by atoms with Crippen LogP contribution in [0.1, 0.15) is 52.5 Å². The van der Waals surface area contributed by atoms with Crippen molar-refractivity contribution in [3.8, 4) is 0 Å². The van der Waals surface area contributed by atoms with Crippen LogP contribution in [0.5, 0.6) is 0 Å². The minimum absolute atomic E-state index is 0.0241. The monoisotopic (exact) mass is 511 g/mol. The van der Waals surface area contributed by atoms with E-state index in [2.05, 4.69) is 15.5 Å². The van der Waals surface area contributed by atoms with Gasteiger partial charge in [-0.3, -0.25) is 9.59 Å². The van der Waals surface area contributed by atoms with Crippen molar-refractivity contribution in [2.45, 2.75) is 37.1 Å². The van der Waals surface area contributed by atoms with Gasteiger partial charge in [-0.1, -0.05) is 48.0 Å². The van der Waals surface area contributed by atoms with Gasteiger partial charge < -0.3 is 15.5 Å². The van der Waals surface area contributed by atoms with Gasteiger partial charge in [-0.25, -0.2) is 4.39 Å².